The molecule has 0 spiro atoms. The van der Waals surface area contributed by atoms with Crippen LogP contribution in [0.4, 0.5) is 5.82 Å². The molecule has 1 aromatic rings. The maximum Gasteiger partial charge on any atom is 0.128 e. The third kappa shape index (κ3) is 3.70. The highest BCUT2D eigenvalue weighted by Gasteiger charge is 2.11. The Kier molecular flexibility index (Phi) is 6.13. The second kappa shape index (κ2) is 7.37. The van der Waals surface area contributed by atoms with Crippen LogP contribution in [0.25, 0.3) is 0 Å². The van der Waals surface area contributed by atoms with E-state index < -0.39 is 0 Å². The second-order valence-corrected chi connectivity index (χ2v) is 4.85. The number of aromatic nitrogens is 1. The van der Waals surface area contributed by atoms with E-state index in [9.17, 15) is 0 Å². The number of hydrogen-bond donors (Lipinski definition) is 1. The van der Waals surface area contributed by atoms with Crippen LogP contribution < -0.4 is 10.6 Å². The molecule has 0 fully saturated rings. The molecular weight excluding hydrogens is 222 g/mol. The molecular formula is C15H27N3. The fourth-order valence-corrected chi connectivity index (χ4v) is 2.23. The summed E-state index contributed by atoms with van der Waals surface area (Å²) in [5, 5.41) is 0. The zero-order valence-electron chi connectivity index (χ0n) is 12.2. The van der Waals surface area contributed by atoms with E-state index in [1.54, 1.807) is 0 Å². The molecule has 0 amide bonds. The van der Waals surface area contributed by atoms with Gasteiger partial charge in [0.2, 0.25) is 0 Å². The molecule has 1 aromatic heterocycles. The normalized spacial score (nSPS) is 12.5. The molecule has 0 unspecified atom stereocenters. The SMILES string of the molecule is CCCN(CCC)c1ccc([C@H](N)CC)c(C)n1. The van der Waals surface area contributed by atoms with Crippen LogP contribution in [0.1, 0.15) is 57.3 Å². The average Bonchev–Trinajstić information content (AvgIpc) is 2.37. The molecule has 1 atom stereocenters. The molecule has 0 aliphatic carbocycles. The summed E-state index contributed by atoms with van der Waals surface area (Å²) in [5.41, 5.74) is 8.33. The molecule has 3 nitrogen and oxygen atoms in total. The summed E-state index contributed by atoms with van der Waals surface area (Å²) in [5.74, 6) is 1.09. The first-order chi connectivity index (χ1) is 8.63. The van der Waals surface area contributed by atoms with Gasteiger partial charge in [-0.1, -0.05) is 26.8 Å². The highest BCUT2D eigenvalue weighted by atomic mass is 15.2. The lowest BCUT2D eigenvalue weighted by Gasteiger charge is -2.24. The summed E-state index contributed by atoms with van der Waals surface area (Å²) in [6.45, 7) is 10.7. The van der Waals surface area contributed by atoms with E-state index in [4.69, 9.17) is 10.7 Å². The first kappa shape index (κ1) is 15.0. The third-order valence-electron chi connectivity index (χ3n) is 3.26. The number of nitrogens with zero attached hydrogens (tertiary/aromatic N) is 2. The van der Waals surface area contributed by atoms with Crippen molar-refractivity contribution in [2.75, 3.05) is 18.0 Å². The number of pyridine rings is 1. The Morgan fingerprint density at radius 3 is 2.22 bits per heavy atom. The Labute approximate surface area is 111 Å². The molecule has 0 radical (unpaired) electrons. The molecule has 0 aromatic carbocycles. The maximum atomic E-state index is 6.09. The molecule has 0 aliphatic rings. The lowest BCUT2D eigenvalue weighted by atomic mass is 10.0. The van der Waals surface area contributed by atoms with Gasteiger partial charge in [-0.05, 0) is 37.8 Å². The van der Waals surface area contributed by atoms with Crippen LogP contribution in [0.2, 0.25) is 0 Å². The van der Waals surface area contributed by atoms with Crippen molar-refractivity contribution in [2.45, 2.75) is 53.0 Å². The summed E-state index contributed by atoms with van der Waals surface area (Å²) in [7, 11) is 0. The molecule has 0 aliphatic heterocycles. The minimum Gasteiger partial charge on any atom is -0.357 e. The van der Waals surface area contributed by atoms with Gasteiger partial charge in [0.05, 0.1) is 0 Å². The van der Waals surface area contributed by atoms with Crippen LogP contribution in [0, 0.1) is 6.92 Å². The Balaban J connectivity index is 2.93. The molecule has 0 bridgehead atoms. The van der Waals surface area contributed by atoms with E-state index >= 15 is 0 Å². The van der Waals surface area contributed by atoms with Crippen molar-refractivity contribution in [1.82, 2.24) is 4.98 Å². The van der Waals surface area contributed by atoms with E-state index in [2.05, 4.69) is 44.7 Å². The molecule has 0 saturated carbocycles. The smallest absolute Gasteiger partial charge is 0.128 e. The van der Waals surface area contributed by atoms with Crippen molar-refractivity contribution in [3.8, 4) is 0 Å². The van der Waals surface area contributed by atoms with Gasteiger partial charge in [0.25, 0.3) is 0 Å². The fraction of sp³-hybridized carbons (Fsp3) is 0.667. The molecule has 1 rings (SSSR count). The summed E-state index contributed by atoms with van der Waals surface area (Å²) < 4.78 is 0. The third-order valence-corrected chi connectivity index (χ3v) is 3.26. The molecule has 3 heteroatoms. The Hall–Kier alpha value is -1.09. The number of anilines is 1. The number of aryl methyl sites for hydroxylation is 1. The fourth-order valence-electron chi connectivity index (χ4n) is 2.23. The Morgan fingerprint density at radius 2 is 1.78 bits per heavy atom. The summed E-state index contributed by atoms with van der Waals surface area (Å²) >= 11 is 0. The number of nitrogens with two attached hydrogens (primary N) is 1. The highest BCUT2D eigenvalue weighted by molar-refractivity contribution is 5.42. The van der Waals surface area contributed by atoms with Crippen LogP contribution in [0.15, 0.2) is 12.1 Å². The van der Waals surface area contributed by atoms with Crippen LogP contribution in [-0.4, -0.2) is 18.1 Å². The standard InChI is InChI=1S/C15H27N3/c1-5-10-18(11-6-2)15-9-8-13(12(4)17-15)14(16)7-3/h8-9,14H,5-7,10-11,16H2,1-4H3/t14-/m1/s1. The largest absolute Gasteiger partial charge is 0.357 e. The Bertz CT molecular complexity index is 357. The average molecular weight is 249 g/mol. The molecule has 0 saturated heterocycles. The van der Waals surface area contributed by atoms with Crippen molar-refractivity contribution in [3.63, 3.8) is 0 Å². The quantitative estimate of drug-likeness (QED) is 0.805. The minimum absolute atomic E-state index is 0.109. The van der Waals surface area contributed by atoms with Gasteiger partial charge in [-0.25, -0.2) is 4.98 Å². The molecule has 102 valence electrons. The van der Waals surface area contributed by atoms with E-state index in [-0.39, 0.29) is 6.04 Å². The van der Waals surface area contributed by atoms with Crippen molar-refractivity contribution in [3.05, 3.63) is 23.4 Å². The van der Waals surface area contributed by atoms with Gasteiger partial charge in [-0.3, -0.25) is 0 Å². The van der Waals surface area contributed by atoms with Crippen LogP contribution in [0.3, 0.4) is 0 Å². The minimum atomic E-state index is 0.109. The topological polar surface area (TPSA) is 42.1 Å². The lowest BCUT2D eigenvalue weighted by Crippen LogP contribution is -2.26. The van der Waals surface area contributed by atoms with Gasteiger partial charge >= 0.3 is 0 Å². The lowest BCUT2D eigenvalue weighted by molar-refractivity contribution is 0.684. The van der Waals surface area contributed by atoms with E-state index in [0.717, 1.165) is 43.9 Å². The predicted octanol–water partition coefficient (Wildman–Crippen LogP) is 3.43. The first-order valence-electron chi connectivity index (χ1n) is 7.12. The Morgan fingerprint density at radius 1 is 1.17 bits per heavy atom. The van der Waals surface area contributed by atoms with Crippen molar-refractivity contribution < 1.29 is 0 Å². The molecule has 1 heterocycles. The van der Waals surface area contributed by atoms with Gasteiger partial charge in [-0.15, -0.1) is 0 Å². The summed E-state index contributed by atoms with van der Waals surface area (Å²) in [6, 6.07) is 4.37. The summed E-state index contributed by atoms with van der Waals surface area (Å²) in [4.78, 5) is 7.08. The maximum absolute atomic E-state index is 6.09. The van der Waals surface area contributed by atoms with Crippen molar-refractivity contribution >= 4 is 5.82 Å². The highest BCUT2D eigenvalue weighted by Crippen LogP contribution is 2.21. The number of hydrogen-bond acceptors (Lipinski definition) is 3. The first-order valence-corrected chi connectivity index (χ1v) is 7.12. The van der Waals surface area contributed by atoms with Crippen LogP contribution >= 0.6 is 0 Å². The van der Waals surface area contributed by atoms with E-state index in [0.29, 0.717) is 0 Å². The van der Waals surface area contributed by atoms with E-state index in [1.807, 2.05) is 0 Å². The zero-order valence-corrected chi connectivity index (χ0v) is 12.2. The number of rotatable bonds is 7. The summed E-state index contributed by atoms with van der Waals surface area (Å²) in [6.07, 6.45) is 3.25. The van der Waals surface area contributed by atoms with Crippen LogP contribution in [-0.2, 0) is 0 Å². The molecule has 18 heavy (non-hydrogen) atoms. The second-order valence-electron chi connectivity index (χ2n) is 4.85. The van der Waals surface area contributed by atoms with Crippen molar-refractivity contribution in [1.29, 1.82) is 0 Å². The van der Waals surface area contributed by atoms with Gasteiger partial charge < -0.3 is 10.6 Å². The zero-order chi connectivity index (χ0) is 13.5. The van der Waals surface area contributed by atoms with Crippen LogP contribution in [0.5, 0.6) is 0 Å². The predicted molar refractivity (Wildman–Crippen MR) is 79.0 cm³/mol. The van der Waals surface area contributed by atoms with Gasteiger partial charge in [0, 0.05) is 24.8 Å². The van der Waals surface area contributed by atoms with Gasteiger partial charge in [0.15, 0.2) is 0 Å². The van der Waals surface area contributed by atoms with Gasteiger partial charge in [0.1, 0.15) is 5.82 Å². The van der Waals surface area contributed by atoms with Crippen molar-refractivity contribution in [2.24, 2.45) is 5.73 Å². The van der Waals surface area contributed by atoms with E-state index in [1.165, 1.54) is 5.56 Å². The molecule has 2 N–H and O–H groups in total. The van der Waals surface area contributed by atoms with Gasteiger partial charge in [-0.2, -0.15) is 0 Å². The monoisotopic (exact) mass is 249 g/mol.